The predicted molar refractivity (Wildman–Crippen MR) is 98.5 cm³/mol. The Kier molecular flexibility index (Phi) is 4.86. The number of carbonyl (C=O) groups is 1. The van der Waals surface area contributed by atoms with E-state index in [0.717, 1.165) is 27.1 Å². The Hall–Kier alpha value is -1.93. The first kappa shape index (κ1) is 16.9. The van der Waals surface area contributed by atoms with Crippen LogP contribution < -0.4 is 5.32 Å². The molecule has 0 atom stereocenters. The fourth-order valence-electron chi connectivity index (χ4n) is 2.33. The standard InChI is InChI=1S/C16H16BrN5OS/c1-9-4-5-13(12(17)6-9)19-14(23)8-24-16-21-20-15-18-10(2)7-11(3)22(15)16/h4-7H,8H2,1-3H3,(H,19,23). The molecule has 8 heteroatoms. The fraction of sp³-hybridized carbons (Fsp3) is 0.250. The van der Waals surface area contributed by atoms with E-state index >= 15 is 0 Å². The van der Waals surface area contributed by atoms with Gasteiger partial charge in [0.05, 0.1) is 11.4 Å². The summed E-state index contributed by atoms with van der Waals surface area (Å²) in [6.45, 7) is 5.89. The predicted octanol–water partition coefficient (Wildman–Crippen LogP) is 3.54. The molecule has 24 heavy (non-hydrogen) atoms. The van der Waals surface area contributed by atoms with Gasteiger partial charge in [-0.2, -0.15) is 0 Å². The summed E-state index contributed by atoms with van der Waals surface area (Å²) in [5.74, 6) is 0.699. The smallest absolute Gasteiger partial charge is 0.256 e. The zero-order chi connectivity index (χ0) is 17.3. The largest absolute Gasteiger partial charge is 0.324 e. The van der Waals surface area contributed by atoms with Gasteiger partial charge >= 0.3 is 0 Å². The van der Waals surface area contributed by atoms with E-state index in [9.17, 15) is 4.79 Å². The molecule has 0 aliphatic rings. The van der Waals surface area contributed by atoms with Gasteiger partial charge in [0.25, 0.3) is 5.78 Å². The lowest BCUT2D eigenvalue weighted by molar-refractivity contribution is -0.113. The Morgan fingerprint density at radius 2 is 2.04 bits per heavy atom. The molecule has 0 spiro atoms. The molecule has 0 aliphatic heterocycles. The number of fused-ring (bicyclic) bond motifs is 1. The summed E-state index contributed by atoms with van der Waals surface area (Å²) in [6, 6.07) is 7.76. The maximum Gasteiger partial charge on any atom is 0.256 e. The number of aryl methyl sites for hydroxylation is 3. The molecule has 1 aromatic carbocycles. The van der Waals surface area contributed by atoms with Gasteiger partial charge in [0.2, 0.25) is 5.91 Å². The molecule has 3 aromatic rings. The normalized spacial score (nSPS) is 11.0. The van der Waals surface area contributed by atoms with Crippen molar-refractivity contribution in [3.8, 4) is 0 Å². The Balaban J connectivity index is 1.70. The monoisotopic (exact) mass is 405 g/mol. The number of carbonyl (C=O) groups excluding carboxylic acids is 1. The van der Waals surface area contributed by atoms with E-state index < -0.39 is 0 Å². The number of thioether (sulfide) groups is 1. The third-order valence-electron chi connectivity index (χ3n) is 3.39. The first-order valence-corrected chi connectivity index (χ1v) is 9.10. The molecule has 6 nitrogen and oxygen atoms in total. The highest BCUT2D eigenvalue weighted by Crippen LogP contribution is 2.24. The Morgan fingerprint density at radius 1 is 1.25 bits per heavy atom. The van der Waals surface area contributed by atoms with Gasteiger partial charge in [-0.1, -0.05) is 17.8 Å². The van der Waals surface area contributed by atoms with Crippen molar-refractivity contribution in [1.82, 2.24) is 19.6 Å². The number of anilines is 1. The molecule has 0 fully saturated rings. The van der Waals surface area contributed by atoms with Gasteiger partial charge in [-0.05, 0) is 60.5 Å². The zero-order valence-electron chi connectivity index (χ0n) is 13.5. The minimum Gasteiger partial charge on any atom is -0.324 e. The van der Waals surface area contributed by atoms with E-state index in [-0.39, 0.29) is 11.7 Å². The number of nitrogens with one attached hydrogen (secondary N) is 1. The van der Waals surface area contributed by atoms with Crippen molar-refractivity contribution in [2.75, 3.05) is 11.1 Å². The van der Waals surface area contributed by atoms with Crippen LogP contribution in [-0.2, 0) is 4.79 Å². The number of halogens is 1. The van der Waals surface area contributed by atoms with Crippen molar-refractivity contribution in [2.24, 2.45) is 0 Å². The van der Waals surface area contributed by atoms with Crippen molar-refractivity contribution < 1.29 is 4.79 Å². The van der Waals surface area contributed by atoms with E-state index in [1.165, 1.54) is 11.8 Å². The summed E-state index contributed by atoms with van der Waals surface area (Å²) in [6.07, 6.45) is 0. The molecule has 0 bridgehead atoms. The van der Waals surface area contributed by atoms with Gasteiger partial charge in [-0.15, -0.1) is 10.2 Å². The Labute approximate surface area is 152 Å². The van der Waals surface area contributed by atoms with Gasteiger partial charge in [-0.3, -0.25) is 9.20 Å². The summed E-state index contributed by atoms with van der Waals surface area (Å²) < 4.78 is 2.72. The first-order valence-electron chi connectivity index (χ1n) is 7.32. The number of hydrogen-bond acceptors (Lipinski definition) is 5. The average Bonchev–Trinajstić information content (AvgIpc) is 2.91. The SMILES string of the molecule is Cc1ccc(NC(=O)CSc2nnc3nc(C)cc(C)n23)c(Br)c1. The molecule has 0 saturated heterocycles. The van der Waals surface area contributed by atoms with Crippen LogP contribution in [0.2, 0.25) is 0 Å². The van der Waals surface area contributed by atoms with Crippen LogP contribution in [0.25, 0.3) is 5.78 Å². The highest BCUT2D eigenvalue weighted by molar-refractivity contribution is 9.10. The first-order chi connectivity index (χ1) is 11.4. The molecule has 0 saturated carbocycles. The van der Waals surface area contributed by atoms with Gasteiger partial charge in [0.1, 0.15) is 0 Å². The number of aromatic nitrogens is 4. The number of rotatable bonds is 4. The molecular weight excluding hydrogens is 390 g/mol. The number of amides is 1. The minimum absolute atomic E-state index is 0.0981. The maximum absolute atomic E-state index is 12.2. The maximum atomic E-state index is 12.2. The second-order valence-electron chi connectivity index (χ2n) is 5.48. The van der Waals surface area contributed by atoms with Crippen molar-refractivity contribution in [3.63, 3.8) is 0 Å². The van der Waals surface area contributed by atoms with Crippen LogP contribution in [0.5, 0.6) is 0 Å². The quantitative estimate of drug-likeness (QED) is 0.671. The topological polar surface area (TPSA) is 72.2 Å². The van der Waals surface area contributed by atoms with Gasteiger partial charge < -0.3 is 5.32 Å². The average molecular weight is 406 g/mol. The number of nitrogens with zero attached hydrogens (tertiary/aromatic N) is 4. The summed E-state index contributed by atoms with van der Waals surface area (Å²) >= 11 is 4.79. The highest BCUT2D eigenvalue weighted by Gasteiger charge is 2.13. The molecule has 0 aliphatic carbocycles. The summed E-state index contributed by atoms with van der Waals surface area (Å²) in [5.41, 5.74) is 3.77. The van der Waals surface area contributed by atoms with Crippen LogP contribution in [0.1, 0.15) is 17.0 Å². The van der Waals surface area contributed by atoms with Crippen molar-refractivity contribution in [1.29, 1.82) is 0 Å². The second-order valence-corrected chi connectivity index (χ2v) is 7.27. The Bertz CT molecular complexity index is 924. The third kappa shape index (κ3) is 3.59. The van der Waals surface area contributed by atoms with E-state index in [0.29, 0.717) is 10.9 Å². The van der Waals surface area contributed by atoms with E-state index in [1.807, 2.05) is 49.4 Å². The Morgan fingerprint density at radius 3 is 2.79 bits per heavy atom. The molecule has 1 N–H and O–H groups in total. The molecule has 3 rings (SSSR count). The van der Waals surface area contributed by atoms with Crippen LogP contribution in [0.3, 0.4) is 0 Å². The van der Waals surface area contributed by atoms with E-state index in [4.69, 9.17) is 0 Å². The molecular formula is C16H16BrN5OS. The summed E-state index contributed by atoms with van der Waals surface area (Å²) in [5, 5.41) is 11.7. The molecule has 0 radical (unpaired) electrons. The van der Waals surface area contributed by atoms with Gasteiger partial charge in [0.15, 0.2) is 5.16 Å². The molecule has 0 unspecified atom stereocenters. The second kappa shape index (κ2) is 6.90. The fourth-order valence-corrected chi connectivity index (χ4v) is 3.71. The van der Waals surface area contributed by atoms with Crippen molar-refractivity contribution >= 4 is 45.1 Å². The minimum atomic E-state index is -0.0981. The zero-order valence-corrected chi connectivity index (χ0v) is 15.9. The lowest BCUT2D eigenvalue weighted by Crippen LogP contribution is -2.14. The van der Waals surface area contributed by atoms with E-state index in [2.05, 4.69) is 36.4 Å². The molecule has 2 aromatic heterocycles. The number of hydrogen-bond donors (Lipinski definition) is 1. The van der Waals surface area contributed by atoms with Crippen LogP contribution in [0.15, 0.2) is 33.9 Å². The molecule has 1 amide bonds. The highest BCUT2D eigenvalue weighted by atomic mass is 79.9. The van der Waals surface area contributed by atoms with Crippen LogP contribution >= 0.6 is 27.7 Å². The molecule has 2 heterocycles. The van der Waals surface area contributed by atoms with Crippen LogP contribution in [-0.4, -0.2) is 31.2 Å². The summed E-state index contributed by atoms with van der Waals surface area (Å²) in [7, 11) is 0. The van der Waals surface area contributed by atoms with Gasteiger partial charge in [-0.25, -0.2) is 4.98 Å². The lowest BCUT2D eigenvalue weighted by Gasteiger charge is -2.08. The lowest BCUT2D eigenvalue weighted by atomic mass is 10.2. The number of benzene rings is 1. The molecule has 124 valence electrons. The van der Waals surface area contributed by atoms with Crippen LogP contribution in [0, 0.1) is 20.8 Å². The summed E-state index contributed by atoms with van der Waals surface area (Å²) in [4.78, 5) is 16.5. The van der Waals surface area contributed by atoms with Gasteiger partial charge in [0, 0.05) is 15.9 Å². The van der Waals surface area contributed by atoms with Crippen LogP contribution in [0.4, 0.5) is 5.69 Å². The van der Waals surface area contributed by atoms with Crippen molar-refractivity contribution in [3.05, 3.63) is 45.7 Å². The van der Waals surface area contributed by atoms with Crippen molar-refractivity contribution in [2.45, 2.75) is 25.9 Å². The third-order valence-corrected chi connectivity index (χ3v) is 4.98. The van der Waals surface area contributed by atoms with E-state index in [1.54, 1.807) is 0 Å².